The second kappa shape index (κ2) is 9.48. The minimum Gasteiger partial charge on any atom is -0.481 e. The highest BCUT2D eigenvalue weighted by molar-refractivity contribution is 5.80. The van der Waals surface area contributed by atoms with Gasteiger partial charge >= 0.3 is 5.97 Å². The minimum absolute atomic E-state index is 0.0153. The number of hydrogen-bond donors (Lipinski definition) is 2. The zero-order valence-electron chi connectivity index (χ0n) is 18.7. The Morgan fingerprint density at radius 2 is 1.93 bits per heavy atom. The van der Waals surface area contributed by atoms with E-state index in [9.17, 15) is 14.7 Å². The molecule has 7 nitrogen and oxygen atoms in total. The number of hydrogen-bond acceptors (Lipinski definition) is 5. The van der Waals surface area contributed by atoms with Crippen LogP contribution in [-0.2, 0) is 16.1 Å². The number of aliphatic carboxylic acids is 1. The second-order valence-corrected chi connectivity index (χ2v) is 10.3. The molecule has 7 heteroatoms. The lowest BCUT2D eigenvalue weighted by Gasteiger charge is -2.48. The maximum Gasteiger partial charge on any atom is 0.304 e. The number of carboxylic acid groups (broad SMARTS) is 1. The number of amides is 1. The summed E-state index contributed by atoms with van der Waals surface area (Å²) in [6.45, 7) is 7.25. The Labute approximate surface area is 179 Å². The summed E-state index contributed by atoms with van der Waals surface area (Å²) in [5.41, 5.74) is 0.569. The van der Waals surface area contributed by atoms with Crippen molar-refractivity contribution in [1.82, 2.24) is 15.5 Å². The molecular formula is C23H37N3O4. The smallest absolute Gasteiger partial charge is 0.304 e. The fourth-order valence-corrected chi connectivity index (χ4v) is 4.98. The van der Waals surface area contributed by atoms with Crippen LogP contribution in [0, 0.1) is 16.7 Å². The molecule has 0 aromatic carbocycles. The van der Waals surface area contributed by atoms with Gasteiger partial charge in [0, 0.05) is 11.8 Å². The van der Waals surface area contributed by atoms with Gasteiger partial charge in [0.25, 0.3) is 0 Å². The van der Waals surface area contributed by atoms with Crippen molar-refractivity contribution in [3.63, 3.8) is 0 Å². The van der Waals surface area contributed by atoms with Gasteiger partial charge in [-0.15, -0.1) is 0 Å². The third kappa shape index (κ3) is 5.82. The average Bonchev–Trinajstić information content (AvgIpc) is 3.43. The van der Waals surface area contributed by atoms with Crippen molar-refractivity contribution >= 4 is 11.9 Å². The molecule has 2 aliphatic rings. The topological polar surface area (TPSA) is 105 Å². The van der Waals surface area contributed by atoms with E-state index >= 15 is 0 Å². The van der Waals surface area contributed by atoms with E-state index in [0.717, 1.165) is 32.1 Å². The molecule has 0 aliphatic heterocycles. The molecule has 1 amide bonds. The fourth-order valence-electron chi connectivity index (χ4n) is 4.98. The van der Waals surface area contributed by atoms with Gasteiger partial charge in [-0.2, -0.15) is 4.98 Å². The van der Waals surface area contributed by atoms with Crippen LogP contribution >= 0.6 is 0 Å². The van der Waals surface area contributed by atoms with Crippen molar-refractivity contribution < 1.29 is 19.2 Å². The monoisotopic (exact) mass is 419 g/mol. The van der Waals surface area contributed by atoms with Gasteiger partial charge in [0.2, 0.25) is 11.8 Å². The first-order valence-electron chi connectivity index (χ1n) is 11.5. The molecule has 2 fully saturated rings. The quantitative estimate of drug-likeness (QED) is 0.563. The van der Waals surface area contributed by atoms with Crippen LogP contribution in [0.15, 0.2) is 4.52 Å². The average molecular weight is 420 g/mol. The van der Waals surface area contributed by atoms with Crippen molar-refractivity contribution in [1.29, 1.82) is 0 Å². The Bertz CT molecular complexity index is 727. The van der Waals surface area contributed by atoms with E-state index < -0.39 is 5.97 Å². The largest absolute Gasteiger partial charge is 0.481 e. The molecule has 1 aromatic rings. The SMILES string of the molecule is CC(C)(C)C1(CCCC(CC(=O)O)c2nc(CNC(=O)C3CC3)no2)CCCCC1. The summed E-state index contributed by atoms with van der Waals surface area (Å²) < 4.78 is 5.40. The van der Waals surface area contributed by atoms with Crippen LogP contribution in [0.3, 0.4) is 0 Å². The molecule has 0 radical (unpaired) electrons. The number of nitrogens with one attached hydrogen (secondary N) is 1. The number of carboxylic acids is 1. The van der Waals surface area contributed by atoms with Gasteiger partial charge in [-0.3, -0.25) is 9.59 Å². The maximum atomic E-state index is 11.8. The summed E-state index contributed by atoms with van der Waals surface area (Å²) in [6, 6.07) is 0. The highest BCUT2D eigenvalue weighted by Crippen LogP contribution is 2.53. The van der Waals surface area contributed by atoms with Crippen LogP contribution in [0.2, 0.25) is 0 Å². The van der Waals surface area contributed by atoms with Gasteiger partial charge in [0.15, 0.2) is 5.82 Å². The van der Waals surface area contributed by atoms with Crippen LogP contribution < -0.4 is 5.32 Å². The van der Waals surface area contributed by atoms with Gasteiger partial charge < -0.3 is 14.9 Å². The van der Waals surface area contributed by atoms with Gasteiger partial charge in [0.05, 0.1) is 13.0 Å². The van der Waals surface area contributed by atoms with Crippen molar-refractivity contribution in [3.8, 4) is 0 Å². The summed E-state index contributed by atoms with van der Waals surface area (Å²) in [5, 5.41) is 16.2. The molecule has 1 heterocycles. The van der Waals surface area contributed by atoms with Crippen LogP contribution in [0.4, 0.5) is 0 Å². The molecule has 2 saturated carbocycles. The highest BCUT2D eigenvalue weighted by atomic mass is 16.5. The van der Waals surface area contributed by atoms with Crippen LogP contribution in [-0.4, -0.2) is 27.1 Å². The van der Waals surface area contributed by atoms with Crippen molar-refractivity contribution in [3.05, 3.63) is 11.7 Å². The van der Waals surface area contributed by atoms with Gasteiger partial charge in [-0.1, -0.05) is 51.6 Å². The van der Waals surface area contributed by atoms with Gasteiger partial charge in [-0.25, -0.2) is 0 Å². The van der Waals surface area contributed by atoms with Crippen LogP contribution in [0.1, 0.15) is 109 Å². The molecule has 1 aromatic heterocycles. The third-order valence-electron chi connectivity index (χ3n) is 7.23. The Morgan fingerprint density at radius 3 is 2.53 bits per heavy atom. The Morgan fingerprint density at radius 1 is 1.23 bits per heavy atom. The number of nitrogens with zero attached hydrogens (tertiary/aromatic N) is 2. The van der Waals surface area contributed by atoms with Gasteiger partial charge in [-0.05, 0) is 49.4 Å². The fraction of sp³-hybridized carbons (Fsp3) is 0.826. The van der Waals surface area contributed by atoms with E-state index in [1.165, 1.54) is 32.1 Å². The summed E-state index contributed by atoms with van der Waals surface area (Å²) in [6.07, 6.45) is 11.1. The van der Waals surface area contributed by atoms with E-state index in [1.54, 1.807) is 0 Å². The highest BCUT2D eigenvalue weighted by Gasteiger charge is 2.42. The second-order valence-electron chi connectivity index (χ2n) is 10.3. The molecule has 0 saturated heterocycles. The zero-order chi connectivity index (χ0) is 21.8. The number of aromatic nitrogens is 2. The Kier molecular flexibility index (Phi) is 7.19. The van der Waals surface area contributed by atoms with E-state index in [0.29, 0.717) is 17.1 Å². The molecule has 0 spiro atoms. The number of carbonyl (C=O) groups excluding carboxylic acids is 1. The first-order valence-corrected chi connectivity index (χ1v) is 11.5. The van der Waals surface area contributed by atoms with Crippen molar-refractivity contribution in [2.75, 3.05) is 0 Å². The number of carbonyl (C=O) groups is 2. The molecule has 30 heavy (non-hydrogen) atoms. The number of rotatable bonds is 10. The molecule has 168 valence electrons. The Balaban J connectivity index is 1.59. The van der Waals surface area contributed by atoms with E-state index in [4.69, 9.17) is 4.52 Å². The molecule has 0 bridgehead atoms. The summed E-state index contributed by atoms with van der Waals surface area (Å²) in [4.78, 5) is 27.6. The summed E-state index contributed by atoms with van der Waals surface area (Å²) in [7, 11) is 0. The first kappa shape index (κ1) is 22.8. The van der Waals surface area contributed by atoms with E-state index in [2.05, 4.69) is 36.2 Å². The maximum absolute atomic E-state index is 11.8. The van der Waals surface area contributed by atoms with Crippen molar-refractivity contribution in [2.24, 2.45) is 16.7 Å². The summed E-state index contributed by atoms with van der Waals surface area (Å²) >= 11 is 0. The van der Waals surface area contributed by atoms with Gasteiger partial charge in [0.1, 0.15) is 0 Å². The predicted molar refractivity (Wildman–Crippen MR) is 113 cm³/mol. The van der Waals surface area contributed by atoms with E-state index in [-0.39, 0.29) is 36.1 Å². The first-order chi connectivity index (χ1) is 14.2. The molecule has 2 aliphatic carbocycles. The third-order valence-corrected chi connectivity index (χ3v) is 7.23. The summed E-state index contributed by atoms with van der Waals surface area (Å²) in [5.74, 6) is -0.197. The van der Waals surface area contributed by atoms with Crippen LogP contribution in [0.5, 0.6) is 0 Å². The molecule has 3 rings (SSSR count). The zero-order valence-corrected chi connectivity index (χ0v) is 18.7. The van der Waals surface area contributed by atoms with Crippen molar-refractivity contribution in [2.45, 2.75) is 104 Å². The lowest BCUT2D eigenvalue weighted by atomic mass is 9.57. The Hall–Kier alpha value is -1.92. The molecule has 1 unspecified atom stereocenters. The molecule has 1 atom stereocenters. The standard InChI is InChI=1S/C23H37N3O4/c1-22(2,3)23(11-5-4-6-12-23)13-7-8-17(14-19(27)28)21-25-18(26-30-21)15-24-20(29)16-9-10-16/h16-17H,4-15H2,1-3H3,(H,24,29)(H,27,28). The minimum atomic E-state index is -0.856. The van der Waals surface area contributed by atoms with Crippen LogP contribution in [0.25, 0.3) is 0 Å². The normalized spacial score (nSPS) is 20.0. The lowest BCUT2D eigenvalue weighted by Crippen LogP contribution is -2.37. The lowest BCUT2D eigenvalue weighted by molar-refractivity contribution is -0.137. The molecular weight excluding hydrogens is 382 g/mol. The predicted octanol–water partition coefficient (Wildman–Crippen LogP) is 4.82. The molecule has 2 N–H and O–H groups in total. The van der Waals surface area contributed by atoms with E-state index in [1.807, 2.05) is 0 Å².